The predicted molar refractivity (Wildman–Crippen MR) is 139 cm³/mol. The zero-order chi connectivity index (χ0) is 23.2. The van der Waals surface area contributed by atoms with Gasteiger partial charge in [0.1, 0.15) is 0 Å². The number of aryl methyl sites for hydroxylation is 1. The number of nitrogens with zero attached hydrogens (tertiary/aromatic N) is 4. The fourth-order valence-electron chi connectivity index (χ4n) is 4.13. The first kappa shape index (κ1) is 21.1. The molecule has 0 bridgehead atoms. The lowest BCUT2D eigenvalue weighted by molar-refractivity contribution is 0.997. The van der Waals surface area contributed by atoms with Gasteiger partial charge in [0.25, 0.3) is 0 Å². The van der Waals surface area contributed by atoms with E-state index in [1.165, 1.54) is 0 Å². The maximum atomic E-state index is 6.69. The molecule has 1 saturated carbocycles. The second-order valence-electron chi connectivity index (χ2n) is 8.51. The minimum absolute atomic E-state index is 0.356. The molecule has 3 aromatic rings. The molecule has 2 heterocycles. The number of hydrogen-bond donors (Lipinski definition) is 1. The number of fused-ring (bicyclic) bond motifs is 2. The molecule has 1 N–H and O–H groups in total. The molecule has 0 unspecified atom stereocenters. The van der Waals surface area contributed by atoms with Gasteiger partial charge in [0, 0.05) is 11.2 Å². The van der Waals surface area contributed by atoms with Crippen LogP contribution in [0.1, 0.15) is 18.5 Å². The normalized spacial score (nSPS) is 14.1. The molecule has 1 fully saturated rings. The van der Waals surface area contributed by atoms with Gasteiger partial charge >= 0.3 is 0 Å². The highest BCUT2D eigenvalue weighted by atomic mass is 35.5. The SMILES string of the molecule is Cc1ncccc1Nc1cc2nc3ccccc3n(-c3ccc(Cl)cc3Cl)c-2cc1=NC1CC1. The molecule has 6 rings (SSSR count). The van der Waals surface area contributed by atoms with Crippen LogP contribution in [0.3, 0.4) is 0 Å². The summed E-state index contributed by atoms with van der Waals surface area (Å²) in [6, 6.07) is 22.1. The summed E-state index contributed by atoms with van der Waals surface area (Å²) in [5, 5.41) is 5.61. The summed E-state index contributed by atoms with van der Waals surface area (Å²) >= 11 is 12.9. The molecule has 1 aromatic heterocycles. The number of anilines is 2. The zero-order valence-electron chi connectivity index (χ0n) is 18.5. The molecule has 0 radical (unpaired) electrons. The van der Waals surface area contributed by atoms with Crippen LogP contribution in [0, 0.1) is 6.92 Å². The van der Waals surface area contributed by atoms with Crippen LogP contribution in [0.4, 0.5) is 11.4 Å². The number of aromatic nitrogens is 3. The lowest BCUT2D eigenvalue weighted by atomic mass is 10.1. The van der Waals surface area contributed by atoms with E-state index in [0.29, 0.717) is 16.1 Å². The Morgan fingerprint density at radius 2 is 1.82 bits per heavy atom. The monoisotopic (exact) mass is 485 g/mol. The molecule has 0 amide bonds. The number of rotatable bonds is 4. The first-order chi connectivity index (χ1) is 16.6. The third-order valence-corrected chi connectivity index (χ3v) is 6.53. The molecule has 168 valence electrons. The van der Waals surface area contributed by atoms with Crippen LogP contribution in [0.15, 0.2) is 77.9 Å². The summed E-state index contributed by atoms with van der Waals surface area (Å²) in [4.78, 5) is 14.4. The number of nitrogens with one attached hydrogen (secondary N) is 1. The summed E-state index contributed by atoms with van der Waals surface area (Å²) in [5.74, 6) is 0. The molecule has 2 aromatic carbocycles. The van der Waals surface area contributed by atoms with Crippen LogP contribution >= 0.6 is 23.2 Å². The third kappa shape index (κ3) is 3.91. The van der Waals surface area contributed by atoms with Crippen LogP contribution in [0.2, 0.25) is 10.0 Å². The van der Waals surface area contributed by atoms with Crippen molar-refractivity contribution in [2.45, 2.75) is 25.8 Å². The molecule has 2 aliphatic carbocycles. The van der Waals surface area contributed by atoms with E-state index in [1.807, 2.05) is 49.4 Å². The van der Waals surface area contributed by atoms with Crippen LogP contribution < -0.4 is 10.7 Å². The minimum atomic E-state index is 0.356. The lowest BCUT2D eigenvalue weighted by Crippen LogP contribution is -2.16. The molecule has 7 heteroatoms. The van der Waals surface area contributed by atoms with Gasteiger partial charge in [-0.05, 0) is 74.4 Å². The third-order valence-electron chi connectivity index (χ3n) is 5.99. The van der Waals surface area contributed by atoms with E-state index in [0.717, 1.165) is 63.4 Å². The molecule has 0 saturated heterocycles. The van der Waals surface area contributed by atoms with Crippen molar-refractivity contribution in [2.24, 2.45) is 4.99 Å². The Balaban J connectivity index is 1.66. The van der Waals surface area contributed by atoms with E-state index < -0.39 is 0 Å². The van der Waals surface area contributed by atoms with Crippen molar-refractivity contribution in [3.63, 3.8) is 0 Å². The zero-order valence-corrected chi connectivity index (χ0v) is 20.0. The van der Waals surface area contributed by atoms with Gasteiger partial charge in [-0.1, -0.05) is 35.3 Å². The van der Waals surface area contributed by atoms with Crippen LogP contribution in [0.25, 0.3) is 28.1 Å². The van der Waals surface area contributed by atoms with Crippen molar-refractivity contribution in [3.05, 3.63) is 94.0 Å². The summed E-state index contributed by atoms with van der Waals surface area (Å²) in [5.41, 5.74) is 7.22. The van der Waals surface area contributed by atoms with Crippen LogP contribution in [-0.4, -0.2) is 20.6 Å². The van der Waals surface area contributed by atoms with Crippen molar-refractivity contribution < 1.29 is 0 Å². The van der Waals surface area contributed by atoms with Crippen molar-refractivity contribution in [3.8, 4) is 17.1 Å². The average Bonchev–Trinajstić information content (AvgIpc) is 3.64. The average molecular weight is 486 g/mol. The molecule has 0 spiro atoms. The van der Waals surface area contributed by atoms with Crippen LogP contribution in [-0.2, 0) is 0 Å². The van der Waals surface area contributed by atoms with Crippen molar-refractivity contribution in [2.75, 3.05) is 5.32 Å². The number of benzene rings is 3. The molecular formula is C27H21Cl2N5. The smallest absolute Gasteiger partial charge is 0.0900 e. The molecular weight excluding hydrogens is 465 g/mol. The van der Waals surface area contributed by atoms with Gasteiger partial charge in [0.05, 0.1) is 61.6 Å². The topological polar surface area (TPSA) is 55.1 Å². The summed E-state index contributed by atoms with van der Waals surface area (Å²) in [6.07, 6.45) is 4.02. The van der Waals surface area contributed by atoms with E-state index in [9.17, 15) is 0 Å². The minimum Gasteiger partial charge on any atom is -0.352 e. The van der Waals surface area contributed by atoms with E-state index in [-0.39, 0.29) is 0 Å². The van der Waals surface area contributed by atoms with Gasteiger partial charge in [-0.25, -0.2) is 4.98 Å². The van der Waals surface area contributed by atoms with Crippen molar-refractivity contribution in [1.29, 1.82) is 0 Å². The summed E-state index contributed by atoms with van der Waals surface area (Å²) in [6.45, 7) is 1.99. The Morgan fingerprint density at radius 3 is 2.62 bits per heavy atom. The molecule has 0 atom stereocenters. The van der Waals surface area contributed by atoms with Crippen LogP contribution in [0.5, 0.6) is 0 Å². The second-order valence-corrected chi connectivity index (χ2v) is 9.36. The van der Waals surface area contributed by atoms with Gasteiger partial charge < -0.3 is 9.88 Å². The Morgan fingerprint density at radius 1 is 0.971 bits per heavy atom. The Bertz CT molecular complexity index is 1590. The van der Waals surface area contributed by atoms with Gasteiger partial charge in [0.2, 0.25) is 0 Å². The maximum Gasteiger partial charge on any atom is 0.0900 e. The highest BCUT2D eigenvalue weighted by Crippen LogP contribution is 2.34. The predicted octanol–water partition coefficient (Wildman–Crippen LogP) is 6.95. The number of pyridine rings is 1. The van der Waals surface area contributed by atoms with Gasteiger partial charge in [-0.2, -0.15) is 0 Å². The summed E-state index contributed by atoms with van der Waals surface area (Å²) < 4.78 is 2.14. The highest BCUT2D eigenvalue weighted by molar-refractivity contribution is 6.35. The van der Waals surface area contributed by atoms with E-state index >= 15 is 0 Å². The molecule has 3 aliphatic rings. The molecule has 5 nitrogen and oxygen atoms in total. The van der Waals surface area contributed by atoms with E-state index in [1.54, 1.807) is 12.3 Å². The van der Waals surface area contributed by atoms with Crippen molar-refractivity contribution >= 4 is 45.6 Å². The summed E-state index contributed by atoms with van der Waals surface area (Å²) in [7, 11) is 0. The Kier molecular flexibility index (Phi) is 5.24. The maximum absolute atomic E-state index is 6.69. The quantitative estimate of drug-likeness (QED) is 0.280. The highest BCUT2D eigenvalue weighted by Gasteiger charge is 2.22. The first-order valence-corrected chi connectivity index (χ1v) is 12.0. The fraction of sp³-hybridized carbons (Fsp3) is 0.148. The largest absolute Gasteiger partial charge is 0.352 e. The molecule has 34 heavy (non-hydrogen) atoms. The number of hydrogen-bond acceptors (Lipinski definition) is 4. The standard InChI is InChI=1S/C27H21Cl2N5/c1-16-20(6-4-12-30-16)32-22-14-24-27(15-23(22)31-18-9-10-18)34(25-11-8-17(28)13-19(25)29)26-7-3-2-5-21(26)33-24/h2-8,11-15,18,32H,9-10H2,1H3. The number of para-hydroxylation sites is 2. The lowest BCUT2D eigenvalue weighted by Gasteiger charge is -2.21. The Hall–Kier alpha value is -3.41. The number of halogens is 2. The molecule has 1 aliphatic heterocycles. The first-order valence-electron chi connectivity index (χ1n) is 11.2. The van der Waals surface area contributed by atoms with Gasteiger partial charge in [0.15, 0.2) is 0 Å². The van der Waals surface area contributed by atoms with Crippen molar-refractivity contribution in [1.82, 2.24) is 14.5 Å². The fourth-order valence-corrected chi connectivity index (χ4v) is 4.63. The van der Waals surface area contributed by atoms with Gasteiger partial charge in [-0.15, -0.1) is 0 Å². The Labute approximate surface area is 207 Å². The second kappa shape index (κ2) is 8.42. The van der Waals surface area contributed by atoms with E-state index in [4.69, 9.17) is 33.2 Å². The van der Waals surface area contributed by atoms with Gasteiger partial charge in [-0.3, -0.25) is 9.98 Å². The van der Waals surface area contributed by atoms with E-state index in [2.05, 4.69) is 33.1 Å².